The van der Waals surface area contributed by atoms with E-state index in [0.29, 0.717) is 16.3 Å². The van der Waals surface area contributed by atoms with Crippen molar-refractivity contribution in [1.82, 2.24) is 19.5 Å². The van der Waals surface area contributed by atoms with Gasteiger partial charge in [0, 0.05) is 36.3 Å². The zero-order valence-electron chi connectivity index (χ0n) is 17.9. The Hall–Kier alpha value is -2.67. The second-order valence-corrected chi connectivity index (χ2v) is 8.73. The highest BCUT2D eigenvalue weighted by molar-refractivity contribution is 7.98. The molecule has 3 aromatic rings. The Morgan fingerprint density at radius 3 is 2.77 bits per heavy atom. The van der Waals surface area contributed by atoms with Crippen LogP contribution in [0.2, 0.25) is 0 Å². The van der Waals surface area contributed by atoms with Gasteiger partial charge in [0.1, 0.15) is 16.7 Å². The van der Waals surface area contributed by atoms with E-state index in [-0.39, 0.29) is 11.8 Å². The predicted octanol–water partition coefficient (Wildman–Crippen LogP) is 5.08. The maximum Gasteiger partial charge on any atom is 0.260 e. The number of amides is 1. The quantitative estimate of drug-likeness (QED) is 0.459. The largest absolute Gasteiger partial charge is 0.334 e. The average molecular weight is 422 g/mol. The van der Waals surface area contributed by atoms with E-state index in [2.05, 4.69) is 39.9 Å². The van der Waals surface area contributed by atoms with Crippen LogP contribution in [-0.4, -0.2) is 31.7 Å². The SMILES string of the molecule is CSc1nc(C(C)C)nc(C)c1C(=O)Nc1cccc(-c2cn3c(n2)CCCC3)c1. The molecule has 0 bridgehead atoms. The van der Waals surface area contributed by atoms with Gasteiger partial charge in [-0.25, -0.2) is 15.0 Å². The molecule has 0 radical (unpaired) electrons. The number of hydrogen-bond acceptors (Lipinski definition) is 5. The number of carbonyl (C=O) groups is 1. The highest BCUT2D eigenvalue weighted by atomic mass is 32.2. The van der Waals surface area contributed by atoms with Crippen molar-refractivity contribution >= 4 is 23.4 Å². The lowest BCUT2D eigenvalue weighted by Gasteiger charge is -2.14. The number of carbonyl (C=O) groups excluding carboxylic acids is 1. The third-order valence-electron chi connectivity index (χ3n) is 5.34. The minimum atomic E-state index is -0.187. The van der Waals surface area contributed by atoms with Crippen molar-refractivity contribution in [3.63, 3.8) is 0 Å². The first-order chi connectivity index (χ1) is 14.5. The van der Waals surface area contributed by atoms with Gasteiger partial charge >= 0.3 is 0 Å². The smallest absolute Gasteiger partial charge is 0.260 e. The molecule has 7 heteroatoms. The van der Waals surface area contributed by atoms with Crippen molar-refractivity contribution in [1.29, 1.82) is 0 Å². The van der Waals surface area contributed by atoms with Crippen LogP contribution in [0.15, 0.2) is 35.5 Å². The summed E-state index contributed by atoms with van der Waals surface area (Å²) >= 11 is 1.47. The number of nitrogens with zero attached hydrogens (tertiary/aromatic N) is 4. The molecular formula is C23H27N5OS. The fourth-order valence-corrected chi connectivity index (χ4v) is 4.37. The first kappa shape index (κ1) is 20.6. The Kier molecular flexibility index (Phi) is 5.90. The van der Waals surface area contributed by atoms with Gasteiger partial charge in [0.05, 0.1) is 17.0 Å². The van der Waals surface area contributed by atoms with Crippen LogP contribution in [0.4, 0.5) is 5.69 Å². The zero-order chi connectivity index (χ0) is 21.3. The number of anilines is 1. The molecule has 1 N–H and O–H groups in total. The lowest BCUT2D eigenvalue weighted by atomic mass is 10.1. The molecule has 0 fully saturated rings. The van der Waals surface area contributed by atoms with Gasteiger partial charge in [-0.2, -0.15) is 0 Å². The molecule has 4 rings (SSSR count). The average Bonchev–Trinajstić information content (AvgIpc) is 3.17. The van der Waals surface area contributed by atoms with E-state index in [0.717, 1.165) is 41.6 Å². The van der Waals surface area contributed by atoms with Crippen LogP contribution in [0.1, 0.15) is 60.3 Å². The molecule has 1 amide bonds. The summed E-state index contributed by atoms with van der Waals surface area (Å²) in [6, 6.07) is 7.85. The molecule has 3 heterocycles. The van der Waals surface area contributed by atoms with Crippen molar-refractivity contribution in [3.8, 4) is 11.3 Å². The van der Waals surface area contributed by atoms with Gasteiger partial charge in [0.25, 0.3) is 5.91 Å². The summed E-state index contributed by atoms with van der Waals surface area (Å²) in [6.07, 6.45) is 7.47. The van der Waals surface area contributed by atoms with Crippen LogP contribution in [0.5, 0.6) is 0 Å². The summed E-state index contributed by atoms with van der Waals surface area (Å²) in [6.45, 7) is 7.01. The number of rotatable bonds is 5. The second-order valence-electron chi connectivity index (χ2n) is 7.93. The maximum absolute atomic E-state index is 13.1. The molecule has 0 aliphatic carbocycles. The van der Waals surface area contributed by atoms with E-state index in [1.807, 2.05) is 37.4 Å². The lowest BCUT2D eigenvalue weighted by Crippen LogP contribution is -2.17. The van der Waals surface area contributed by atoms with Crippen molar-refractivity contribution in [2.45, 2.75) is 57.5 Å². The van der Waals surface area contributed by atoms with Gasteiger partial charge in [0.15, 0.2) is 0 Å². The van der Waals surface area contributed by atoms with E-state index in [9.17, 15) is 4.79 Å². The molecule has 1 aliphatic rings. The molecule has 0 atom stereocenters. The van der Waals surface area contributed by atoms with Crippen LogP contribution < -0.4 is 5.32 Å². The van der Waals surface area contributed by atoms with E-state index < -0.39 is 0 Å². The molecule has 156 valence electrons. The molecule has 0 spiro atoms. The molecule has 0 unspecified atom stereocenters. The van der Waals surface area contributed by atoms with E-state index >= 15 is 0 Å². The number of aryl methyl sites for hydroxylation is 3. The Labute approximate surface area is 181 Å². The monoisotopic (exact) mass is 421 g/mol. The summed E-state index contributed by atoms with van der Waals surface area (Å²) in [7, 11) is 0. The minimum Gasteiger partial charge on any atom is -0.334 e. The Balaban J connectivity index is 1.60. The molecule has 30 heavy (non-hydrogen) atoms. The van der Waals surface area contributed by atoms with Crippen LogP contribution in [0.25, 0.3) is 11.3 Å². The third kappa shape index (κ3) is 4.12. The van der Waals surface area contributed by atoms with E-state index in [1.54, 1.807) is 0 Å². The van der Waals surface area contributed by atoms with Crippen LogP contribution in [-0.2, 0) is 13.0 Å². The number of fused-ring (bicyclic) bond motifs is 1. The molecule has 6 nitrogen and oxygen atoms in total. The summed E-state index contributed by atoms with van der Waals surface area (Å²) in [5.74, 6) is 1.94. The minimum absolute atomic E-state index is 0.187. The third-order valence-corrected chi connectivity index (χ3v) is 6.02. The maximum atomic E-state index is 13.1. The molecular weight excluding hydrogens is 394 g/mol. The van der Waals surface area contributed by atoms with E-state index in [4.69, 9.17) is 4.98 Å². The van der Waals surface area contributed by atoms with Crippen LogP contribution in [0, 0.1) is 6.92 Å². The van der Waals surface area contributed by atoms with Gasteiger partial charge in [-0.3, -0.25) is 4.79 Å². The molecule has 2 aromatic heterocycles. The summed E-state index contributed by atoms with van der Waals surface area (Å²) in [4.78, 5) is 27.0. The van der Waals surface area contributed by atoms with Gasteiger partial charge < -0.3 is 9.88 Å². The number of benzene rings is 1. The van der Waals surface area contributed by atoms with Gasteiger partial charge in [0.2, 0.25) is 0 Å². The summed E-state index contributed by atoms with van der Waals surface area (Å²) in [5, 5.41) is 3.74. The van der Waals surface area contributed by atoms with Crippen molar-refractivity contribution in [2.24, 2.45) is 0 Å². The van der Waals surface area contributed by atoms with Crippen molar-refractivity contribution in [2.75, 3.05) is 11.6 Å². The number of aromatic nitrogens is 4. The number of nitrogens with one attached hydrogen (secondary N) is 1. The van der Waals surface area contributed by atoms with Gasteiger partial charge in [-0.15, -0.1) is 11.8 Å². The fraction of sp³-hybridized carbons (Fsp3) is 0.391. The first-order valence-corrected chi connectivity index (χ1v) is 11.6. The normalized spacial score (nSPS) is 13.4. The standard InChI is InChI=1S/C23H27N5OS/c1-14(2)21-24-15(3)20(23(27-21)30-4)22(29)25-17-9-7-8-16(12-17)18-13-28-11-6-5-10-19(28)26-18/h7-9,12-14H,5-6,10-11H2,1-4H3,(H,25,29). The highest BCUT2D eigenvalue weighted by Gasteiger charge is 2.20. The van der Waals surface area contributed by atoms with Crippen LogP contribution >= 0.6 is 11.8 Å². The topological polar surface area (TPSA) is 72.7 Å². The van der Waals surface area contributed by atoms with Crippen molar-refractivity contribution in [3.05, 3.63) is 53.4 Å². The Morgan fingerprint density at radius 2 is 2.03 bits per heavy atom. The van der Waals surface area contributed by atoms with Crippen LogP contribution in [0.3, 0.4) is 0 Å². The number of thioether (sulfide) groups is 1. The lowest BCUT2D eigenvalue weighted by molar-refractivity contribution is 0.102. The highest BCUT2D eigenvalue weighted by Crippen LogP contribution is 2.27. The second kappa shape index (κ2) is 8.60. The summed E-state index contributed by atoms with van der Waals surface area (Å²) in [5.41, 5.74) is 3.93. The summed E-state index contributed by atoms with van der Waals surface area (Å²) < 4.78 is 2.24. The Bertz CT molecular complexity index is 1070. The number of imidazole rings is 1. The van der Waals surface area contributed by atoms with Gasteiger partial charge in [-0.1, -0.05) is 26.0 Å². The predicted molar refractivity (Wildman–Crippen MR) is 121 cm³/mol. The van der Waals surface area contributed by atoms with E-state index in [1.165, 1.54) is 24.6 Å². The molecule has 1 aliphatic heterocycles. The fourth-order valence-electron chi connectivity index (χ4n) is 3.74. The molecule has 0 saturated carbocycles. The first-order valence-electron chi connectivity index (χ1n) is 10.4. The molecule has 0 saturated heterocycles. The number of hydrogen-bond donors (Lipinski definition) is 1. The molecule has 1 aromatic carbocycles. The Morgan fingerprint density at radius 1 is 1.20 bits per heavy atom. The zero-order valence-corrected chi connectivity index (χ0v) is 18.7. The van der Waals surface area contributed by atoms with Gasteiger partial charge in [-0.05, 0) is 38.2 Å². The van der Waals surface area contributed by atoms with Crippen molar-refractivity contribution < 1.29 is 4.79 Å².